The van der Waals surface area contributed by atoms with Gasteiger partial charge in [0.2, 0.25) is 5.78 Å². The van der Waals surface area contributed by atoms with Gasteiger partial charge in [-0.05, 0) is 25.0 Å². The Morgan fingerprint density at radius 3 is 2.42 bits per heavy atom. The molecule has 5 heteroatoms. The molecule has 1 rings (SSSR count). The van der Waals surface area contributed by atoms with Gasteiger partial charge < -0.3 is 0 Å². The summed E-state index contributed by atoms with van der Waals surface area (Å²) in [7, 11) is -3.74. The number of sulfonamides is 1. The fraction of sp³-hybridized carbons (Fsp3) is 0.214. The zero-order valence-corrected chi connectivity index (χ0v) is 11.7. The van der Waals surface area contributed by atoms with Gasteiger partial charge in [-0.3, -0.25) is 4.79 Å². The molecule has 0 aliphatic carbocycles. The standard InChI is InChI=1S/C14H15NO3S/c1-4-10-15(11-9-13(3)16)19(17,18)14-7-5-12(2)6-8-14/h4-8H,1,10H2,2-3H3. The number of hydrogen-bond acceptors (Lipinski definition) is 3. The maximum atomic E-state index is 12.3. The van der Waals surface area contributed by atoms with Gasteiger partial charge in [0, 0.05) is 13.0 Å². The molecule has 0 saturated carbocycles. The first-order chi connectivity index (χ1) is 8.87. The third kappa shape index (κ3) is 3.97. The van der Waals surface area contributed by atoms with Crippen molar-refractivity contribution in [2.24, 2.45) is 0 Å². The molecule has 0 aliphatic rings. The lowest BCUT2D eigenvalue weighted by molar-refractivity contribution is -0.111. The van der Waals surface area contributed by atoms with Crippen molar-refractivity contribution >= 4 is 15.8 Å². The summed E-state index contributed by atoms with van der Waals surface area (Å²) in [5.74, 6) is 1.83. The average Bonchev–Trinajstić information content (AvgIpc) is 2.34. The molecule has 0 aromatic heterocycles. The van der Waals surface area contributed by atoms with Crippen LogP contribution in [-0.2, 0) is 14.8 Å². The molecule has 0 radical (unpaired) electrons. The SMILES string of the molecule is C=CCN(C#CC(C)=O)S(=O)(=O)c1ccc(C)cc1. The van der Waals surface area contributed by atoms with Gasteiger partial charge in [-0.15, -0.1) is 6.58 Å². The maximum absolute atomic E-state index is 12.3. The van der Waals surface area contributed by atoms with Gasteiger partial charge >= 0.3 is 0 Å². The van der Waals surface area contributed by atoms with Crippen molar-refractivity contribution in [3.8, 4) is 12.0 Å². The fourth-order valence-electron chi connectivity index (χ4n) is 1.30. The fourth-order valence-corrected chi connectivity index (χ4v) is 2.50. The third-order valence-electron chi connectivity index (χ3n) is 2.26. The number of hydrogen-bond donors (Lipinski definition) is 0. The van der Waals surface area contributed by atoms with Gasteiger partial charge in [0.25, 0.3) is 10.0 Å². The summed E-state index contributed by atoms with van der Waals surface area (Å²) in [6.07, 6.45) is 1.42. The van der Waals surface area contributed by atoms with Crippen molar-refractivity contribution in [3.63, 3.8) is 0 Å². The molecule has 0 heterocycles. The summed E-state index contributed by atoms with van der Waals surface area (Å²) in [4.78, 5) is 11.0. The van der Waals surface area contributed by atoms with Gasteiger partial charge in [0.1, 0.15) is 0 Å². The van der Waals surface area contributed by atoms with Crippen LogP contribution in [0, 0.1) is 18.9 Å². The van der Waals surface area contributed by atoms with Crippen molar-refractivity contribution < 1.29 is 13.2 Å². The minimum Gasteiger partial charge on any atom is -0.285 e. The van der Waals surface area contributed by atoms with Gasteiger partial charge in [-0.1, -0.05) is 23.8 Å². The molecule has 0 unspecified atom stereocenters. The van der Waals surface area contributed by atoms with Crippen LogP contribution >= 0.6 is 0 Å². The molecule has 0 saturated heterocycles. The van der Waals surface area contributed by atoms with Crippen LogP contribution in [0.3, 0.4) is 0 Å². The number of benzene rings is 1. The Labute approximate surface area is 113 Å². The van der Waals surface area contributed by atoms with Crippen molar-refractivity contribution in [2.75, 3.05) is 6.54 Å². The van der Waals surface area contributed by atoms with E-state index < -0.39 is 15.8 Å². The Morgan fingerprint density at radius 2 is 1.95 bits per heavy atom. The van der Waals surface area contributed by atoms with E-state index in [-0.39, 0.29) is 11.4 Å². The number of Topliss-reactive ketones (excluding diaryl/α,β-unsaturated/α-hetero) is 1. The lowest BCUT2D eigenvalue weighted by Crippen LogP contribution is -2.27. The predicted octanol–water partition coefficient (Wildman–Crippen LogP) is 1.72. The van der Waals surface area contributed by atoms with Gasteiger partial charge in [0.15, 0.2) is 0 Å². The molecule has 0 bridgehead atoms. The van der Waals surface area contributed by atoms with E-state index >= 15 is 0 Å². The maximum Gasteiger partial charge on any atom is 0.271 e. The zero-order chi connectivity index (χ0) is 14.5. The van der Waals surface area contributed by atoms with Gasteiger partial charge in [0.05, 0.1) is 11.4 Å². The number of nitrogens with zero attached hydrogens (tertiary/aromatic N) is 1. The highest BCUT2D eigenvalue weighted by Gasteiger charge is 2.20. The lowest BCUT2D eigenvalue weighted by atomic mass is 10.2. The van der Waals surface area contributed by atoms with Crippen molar-refractivity contribution in [2.45, 2.75) is 18.7 Å². The number of aryl methyl sites for hydroxylation is 1. The van der Waals surface area contributed by atoms with Crippen LogP contribution < -0.4 is 0 Å². The number of carbonyl (C=O) groups excluding carboxylic acids is 1. The third-order valence-corrected chi connectivity index (χ3v) is 3.95. The van der Waals surface area contributed by atoms with Gasteiger partial charge in [-0.25, -0.2) is 12.7 Å². The van der Waals surface area contributed by atoms with E-state index in [0.29, 0.717) is 0 Å². The summed E-state index contributed by atoms with van der Waals surface area (Å²) < 4.78 is 25.5. The Balaban J connectivity index is 3.21. The molecule has 0 aliphatic heterocycles. The minimum atomic E-state index is -3.74. The number of carbonyl (C=O) groups is 1. The second kappa shape index (κ2) is 6.21. The molecule has 0 amide bonds. The van der Waals surface area contributed by atoms with Crippen LogP contribution in [-0.4, -0.2) is 25.1 Å². The van der Waals surface area contributed by atoms with Crippen molar-refractivity contribution in [1.82, 2.24) is 4.31 Å². The van der Waals surface area contributed by atoms with E-state index in [0.717, 1.165) is 9.87 Å². The zero-order valence-electron chi connectivity index (χ0n) is 10.9. The number of ketones is 1. The van der Waals surface area contributed by atoms with Gasteiger partial charge in [-0.2, -0.15) is 0 Å². The molecule has 0 fully saturated rings. The lowest BCUT2D eigenvalue weighted by Gasteiger charge is -2.15. The van der Waals surface area contributed by atoms with E-state index in [1.54, 1.807) is 12.1 Å². The molecule has 19 heavy (non-hydrogen) atoms. The topological polar surface area (TPSA) is 54.5 Å². The molecule has 0 N–H and O–H groups in total. The van der Waals surface area contributed by atoms with Crippen LogP contribution in [0.1, 0.15) is 12.5 Å². The summed E-state index contributed by atoms with van der Waals surface area (Å²) >= 11 is 0. The van der Waals surface area contributed by atoms with E-state index in [4.69, 9.17) is 0 Å². The Morgan fingerprint density at radius 1 is 1.37 bits per heavy atom. The summed E-state index contributed by atoms with van der Waals surface area (Å²) in [6.45, 7) is 6.66. The van der Waals surface area contributed by atoms with Crippen molar-refractivity contribution in [1.29, 1.82) is 0 Å². The van der Waals surface area contributed by atoms with Crippen LogP contribution in [0.4, 0.5) is 0 Å². The summed E-state index contributed by atoms with van der Waals surface area (Å²) in [5.41, 5.74) is 0.962. The highest BCUT2D eigenvalue weighted by atomic mass is 32.2. The van der Waals surface area contributed by atoms with E-state index in [1.165, 1.54) is 25.1 Å². The molecule has 0 atom stereocenters. The minimum absolute atomic E-state index is 0.0243. The molecular weight excluding hydrogens is 262 g/mol. The van der Waals surface area contributed by atoms with Crippen LogP contribution in [0.25, 0.3) is 0 Å². The highest BCUT2D eigenvalue weighted by molar-refractivity contribution is 7.89. The quantitative estimate of drug-likeness (QED) is 0.478. The van der Waals surface area contributed by atoms with Crippen LogP contribution in [0.15, 0.2) is 41.8 Å². The van der Waals surface area contributed by atoms with Crippen LogP contribution in [0.5, 0.6) is 0 Å². The average molecular weight is 277 g/mol. The van der Waals surface area contributed by atoms with E-state index in [1.807, 2.05) is 6.92 Å². The van der Waals surface area contributed by atoms with E-state index in [2.05, 4.69) is 18.5 Å². The molecular formula is C14H15NO3S. The molecule has 100 valence electrons. The van der Waals surface area contributed by atoms with Crippen LogP contribution in [0.2, 0.25) is 0 Å². The second-order valence-electron chi connectivity index (χ2n) is 3.93. The first kappa shape index (κ1) is 15.0. The largest absolute Gasteiger partial charge is 0.285 e. The predicted molar refractivity (Wildman–Crippen MR) is 73.7 cm³/mol. The number of rotatable bonds is 4. The normalized spacial score (nSPS) is 10.2. The molecule has 1 aromatic rings. The Bertz CT molecular complexity index is 634. The second-order valence-corrected chi connectivity index (χ2v) is 5.79. The molecule has 4 nitrogen and oxygen atoms in total. The van der Waals surface area contributed by atoms with Crippen molar-refractivity contribution in [3.05, 3.63) is 42.5 Å². The molecule has 0 spiro atoms. The Hall–Kier alpha value is -2.06. The first-order valence-corrected chi connectivity index (χ1v) is 7.04. The van der Waals surface area contributed by atoms with E-state index in [9.17, 15) is 13.2 Å². The first-order valence-electron chi connectivity index (χ1n) is 5.60. The monoisotopic (exact) mass is 277 g/mol. The summed E-state index contributed by atoms with van der Waals surface area (Å²) in [5, 5.41) is 0. The molecule has 1 aromatic carbocycles. The summed E-state index contributed by atoms with van der Waals surface area (Å²) in [6, 6.07) is 8.78. The Kier molecular flexibility index (Phi) is 4.90. The highest BCUT2D eigenvalue weighted by Crippen LogP contribution is 2.15. The smallest absolute Gasteiger partial charge is 0.271 e.